The Morgan fingerprint density at radius 1 is 1.05 bits per heavy atom. The highest BCUT2D eigenvalue weighted by Gasteiger charge is 2.14. The number of carbonyl (C=O) groups excluding carboxylic acids is 1. The maximum absolute atomic E-state index is 12.4. The van der Waals surface area contributed by atoms with Crippen molar-refractivity contribution < 1.29 is 4.79 Å². The Labute approximate surface area is 130 Å². The molecule has 1 aromatic heterocycles. The Hall–Kier alpha value is -2.55. The molecule has 112 valence electrons. The van der Waals surface area contributed by atoms with Crippen LogP contribution in [0.15, 0.2) is 48.5 Å². The number of para-hydroxylation sites is 1. The van der Waals surface area contributed by atoms with Crippen LogP contribution in [0.3, 0.4) is 0 Å². The highest BCUT2D eigenvalue weighted by molar-refractivity contribution is 5.96. The third-order valence-electron chi connectivity index (χ3n) is 4.20. The minimum Gasteiger partial charge on any atom is -0.348 e. The highest BCUT2D eigenvalue weighted by atomic mass is 16.1. The third kappa shape index (κ3) is 2.62. The van der Waals surface area contributed by atoms with Crippen molar-refractivity contribution in [2.45, 2.75) is 20.3 Å². The Bertz CT molecular complexity index is 829. The molecule has 1 N–H and O–H groups in total. The van der Waals surface area contributed by atoms with Gasteiger partial charge in [-0.25, -0.2) is 0 Å². The number of amides is 1. The summed E-state index contributed by atoms with van der Waals surface area (Å²) < 4.78 is 2.14. The molecule has 0 atom stereocenters. The third-order valence-corrected chi connectivity index (χ3v) is 4.20. The van der Waals surface area contributed by atoms with Gasteiger partial charge in [0, 0.05) is 29.3 Å². The SMILES string of the molecule is Cc1ccc(NC(=O)Cc2c(C)n(C)c3ccccc23)cc1. The molecule has 0 aliphatic heterocycles. The number of aryl methyl sites for hydroxylation is 2. The van der Waals surface area contributed by atoms with Crippen LogP contribution >= 0.6 is 0 Å². The lowest BCUT2D eigenvalue weighted by Crippen LogP contribution is -2.14. The number of carbonyl (C=O) groups is 1. The maximum Gasteiger partial charge on any atom is 0.228 e. The van der Waals surface area contributed by atoms with E-state index in [0.717, 1.165) is 27.8 Å². The Morgan fingerprint density at radius 2 is 1.73 bits per heavy atom. The van der Waals surface area contributed by atoms with E-state index in [4.69, 9.17) is 0 Å². The molecule has 3 nitrogen and oxygen atoms in total. The second-order valence-corrected chi connectivity index (χ2v) is 5.73. The number of nitrogens with zero attached hydrogens (tertiary/aromatic N) is 1. The van der Waals surface area contributed by atoms with Crippen LogP contribution in [0.1, 0.15) is 16.8 Å². The summed E-state index contributed by atoms with van der Waals surface area (Å²) in [7, 11) is 2.04. The monoisotopic (exact) mass is 292 g/mol. The molecule has 3 heteroatoms. The van der Waals surface area contributed by atoms with Gasteiger partial charge in [0.25, 0.3) is 0 Å². The van der Waals surface area contributed by atoms with Crippen LogP contribution < -0.4 is 5.32 Å². The Morgan fingerprint density at radius 3 is 2.45 bits per heavy atom. The van der Waals surface area contributed by atoms with E-state index in [9.17, 15) is 4.79 Å². The fourth-order valence-corrected chi connectivity index (χ4v) is 2.83. The molecule has 0 aliphatic rings. The van der Waals surface area contributed by atoms with E-state index in [0.29, 0.717) is 6.42 Å². The summed E-state index contributed by atoms with van der Waals surface area (Å²) in [6, 6.07) is 16.1. The van der Waals surface area contributed by atoms with Crippen LogP contribution in [-0.2, 0) is 18.3 Å². The number of hydrogen-bond donors (Lipinski definition) is 1. The van der Waals surface area contributed by atoms with Gasteiger partial charge in [-0.2, -0.15) is 0 Å². The van der Waals surface area contributed by atoms with Crippen molar-refractivity contribution in [2.24, 2.45) is 7.05 Å². The lowest BCUT2D eigenvalue weighted by molar-refractivity contribution is -0.115. The van der Waals surface area contributed by atoms with Gasteiger partial charge < -0.3 is 9.88 Å². The number of fused-ring (bicyclic) bond motifs is 1. The van der Waals surface area contributed by atoms with Gasteiger partial charge in [0.1, 0.15) is 0 Å². The first kappa shape index (κ1) is 14.4. The van der Waals surface area contributed by atoms with Crippen molar-refractivity contribution in [3.8, 4) is 0 Å². The van der Waals surface area contributed by atoms with E-state index in [1.165, 1.54) is 5.56 Å². The summed E-state index contributed by atoms with van der Waals surface area (Å²) in [6.07, 6.45) is 0.390. The second-order valence-electron chi connectivity index (χ2n) is 5.73. The molecule has 0 radical (unpaired) electrons. The maximum atomic E-state index is 12.4. The predicted octanol–water partition coefficient (Wildman–Crippen LogP) is 3.98. The fraction of sp³-hybridized carbons (Fsp3) is 0.211. The molecule has 0 aliphatic carbocycles. The molecule has 3 aromatic rings. The van der Waals surface area contributed by atoms with Gasteiger partial charge in [-0.05, 0) is 37.6 Å². The number of benzene rings is 2. The van der Waals surface area contributed by atoms with E-state index in [2.05, 4.69) is 28.9 Å². The minimum atomic E-state index is 0.0170. The lowest BCUT2D eigenvalue weighted by Gasteiger charge is -2.06. The number of aromatic nitrogens is 1. The van der Waals surface area contributed by atoms with Crippen LogP contribution in [0.25, 0.3) is 10.9 Å². The predicted molar refractivity (Wildman–Crippen MR) is 91.2 cm³/mol. The van der Waals surface area contributed by atoms with E-state index >= 15 is 0 Å². The quantitative estimate of drug-likeness (QED) is 0.778. The zero-order chi connectivity index (χ0) is 15.7. The molecule has 0 fully saturated rings. The molecular weight excluding hydrogens is 272 g/mol. The van der Waals surface area contributed by atoms with E-state index in [-0.39, 0.29) is 5.91 Å². The first-order chi connectivity index (χ1) is 10.6. The van der Waals surface area contributed by atoms with E-state index in [1.54, 1.807) is 0 Å². The minimum absolute atomic E-state index is 0.0170. The number of anilines is 1. The Balaban J connectivity index is 1.85. The van der Waals surface area contributed by atoms with Crippen LogP contribution in [0, 0.1) is 13.8 Å². The molecule has 0 spiro atoms. The smallest absolute Gasteiger partial charge is 0.228 e. The summed E-state index contributed by atoms with van der Waals surface area (Å²) in [5.74, 6) is 0.0170. The molecule has 0 saturated carbocycles. The fourth-order valence-electron chi connectivity index (χ4n) is 2.83. The number of rotatable bonds is 3. The average Bonchev–Trinajstić information content (AvgIpc) is 2.75. The van der Waals surface area contributed by atoms with Gasteiger partial charge in [-0.3, -0.25) is 4.79 Å². The Kier molecular flexibility index (Phi) is 3.72. The largest absolute Gasteiger partial charge is 0.348 e. The van der Waals surface area contributed by atoms with Crippen LogP contribution in [-0.4, -0.2) is 10.5 Å². The van der Waals surface area contributed by atoms with Crippen molar-refractivity contribution in [1.29, 1.82) is 0 Å². The zero-order valence-corrected chi connectivity index (χ0v) is 13.2. The van der Waals surface area contributed by atoms with Gasteiger partial charge in [0.2, 0.25) is 5.91 Å². The lowest BCUT2D eigenvalue weighted by atomic mass is 10.1. The second kappa shape index (κ2) is 5.68. The first-order valence-electron chi connectivity index (χ1n) is 7.45. The molecule has 3 rings (SSSR count). The van der Waals surface area contributed by atoms with Crippen molar-refractivity contribution in [3.05, 3.63) is 65.4 Å². The molecule has 22 heavy (non-hydrogen) atoms. The van der Waals surface area contributed by atoms with Crippen molar-refractivity contribution in [3.63, 3.8) is 0 Å². The first-order valence-corrected chi connectivity index (χ1v) is 7.45. The average molecular weight is 292 g/mol. The highest BCUT2D eigenvalue weighted by Crippen LogP contribution is 2.25. The van der Waals surface area contributed by atoms with Crippen LogP contribution in [0.4, 0.5) is 5.69 Å². The van der Waals surface area contributed by atoms with Crippen molar-refractivity contribution >= 4 is 22.5 Å². The van der Waals surface area contributed by atoms with Crippen LogP contribution in [0.2, 0.25) is 0 Å². The van der Waals surface area contributed by atoms with Crippen molar-refractivity contribution in [2.75, 3.05) is 5.32 Å². The summed E-state index contributed by atoms with van der Waals surface area (Å²) >= 11 is 0. The summed E-state index contributed by atoms with van der Waals surface area (Å²) in [5, 5.41) is 4.12. The molecule has 0 saturated heterocycles. The van der Waals surface area contributed by atoms with Gasteiger partial charge in [0.05, 0.1) is 6.42 Å². The number of hydrogen-bond acceptors (Lipinski definition) is 1. The summed E-state index contributed by atoms with van der Waals surface area (Å²) in [4.78, 5) is 12.4. The zero-order valence-electron chi connectivity index (χ0n) is 13.2. The molecule has 0 bridgehead atoms. The van der Waals surface area contributed by atoms with Gasteiger partial charge in [-0.1, -0.05) is 35.9 Å². The molecule has 0 unspecified atom stereocenters. The van der Waals surface area contributed by atoms with Gasteiger partial charge in [0.15, 0.2) is 0 Å². The topological polar surface area (TPSA) is 34.0 Å². The summed E-state index contributed by atoms with van der Waals surface area (Å²) in [5.41, 5.74) is 5.43. The van der Waals surface area contributed by atoms with Gasteiger partial charge >= 0.3 is 0 Å². The number of nitrogens with one attached hydrogen (secondary N) is 1. The molecule has 1 heterocycles. The van der Waals surface area contributed by atoms with Gasteiger partial charge in [-0.15, -0.1) is 0 Å². The van der Waals surface area contributed by atoms with Crippen LogP contribution in [0.5, 0.6) is 0 Å². The molecule has 1 amide bonds. The normalized spacial score (nSPS) is 10.9. The van der Waals surface area contributed by atoms with Crippen molar-refractivity contribution in [1.82, 2.24) is 4.57 Å². The molecule has 2 aromatic carbocycles. The molecular formula is C19H20N2O. The van der Waals surface area contributed by atoms with E-state index < -0.39 is 0 Å². The standard InChI is InChI=1S/C19H20N2O/c1-13-8-10-15(11-9-13)20-19(22)12-17-14(2)21(3)18-7-5-4-6-16(17)18/h4-11H,12H2,1-3H3,(H,20,22). The summed E-state index contributed by atoms with van der Waals surface area (Å²) in [6.45, 7) is 4.10. The van der Waals surface area contributed by atoms with E-state index in [1.807, 2.05) is 50.4 Å².